The predicted octanol–water partition coefficient (Wildman–Crippen LogP) is 2.17. The summed E-state index contributed by atoms with van der Waals surface area (Å²) in [6, 6.07) is 5.84. The van der Waals surface area contributed by atoms with E-state index in [2.05, 4.69) is 10.6 Å². The van der Waals surface area contributed by atoms with E-state index >= 15 is 0 Å². The molecule has 0 aliphatic carbocycles. The molecule has 8 nitrogen and oxygen atoms in total. The highest BCUT2D eigenvalue weighted by molar-refractivity contribution is 6.02. The molecule has 1 aromatic heterocycles. The lowest BCUT2D eigenvalue weighted by Gasteiger charge is -2.20. The normalized spacial score (nSPS) is 14.7. The van der Waals surface area contributed by atoms with Crippen LogP contribution in [0, 0.1) is 0 Å². The number of nitrogens with zero attached hydrogens (tertiary/aromatic N) is 1. The minimum atomic E-state index is -0.758. The minimum absolute atomic E-state index is 0.0255. The van der Waals surface area contributed by atoms with Crippen LogP contribution in [0.3, 0.4) is 0 Å². The molecule has 2 heterocycles. The van der Waals surface area contributed by atoms with Crippen molar-refractivity contribution in [2.45, 2.75) is 25.8 Å². The van der Waals surface area contributed by atoms with Crippen molar-refractivity contribution in [3.05, 3.63) is 42.4 Å². The van der Waals surface area contributed by atoms with Crippen LogP contribution >= 0.6 is 0 Å². The van der Waals surface area contributed by atoms with Gasteiger partial charge in [-0.15, -0.1) is 0 Å². The molecule has 0 radical (unpaired) electrons. The number of furan rings is 1. The Morgan fingerprint density at radius 1 is 1.30 bits per heavy atom. The van der Waals surface area contributed by atoms with Crippen LogP contribution in [0.5, 0.6) is 5.75 Å². The predicted molar refractivity (Wildman–Crippen MR) is 98.8 cm³/mol. The molecule has 8 heteroatoms. The lowest BCUT2D eigenvalue weighted by molar-refractivity contribution is -0.118. The largest absolute Gasteiger partial charge is 0.495 e. The molecule has 2 N–H and O–H groups in total. The fourth-order valence-corrected chi connectivity index (χ4v) is 2.87. The second-order valence-corrected chi connectivity index (χ2v) is 6.23. The lowest BCUT2D eigenvalue weighted by atomic mass is 10.2. The van der Waals surface area contributed by atoms with Gasteiger partial charge < -0.3 is 24.7 Å². The first-order chi connectivity index (χ1) is 13.0. The number of rotatable bonds is 6. The van der Waals surface area contributed by atoms with Crippen molar-refractivity contribution in [3.8, 4) is 5.75 Å². The van der Waals surface area contributed by atoms with Crippen LogP contribution in [0.15, 0.2) is 41.2 Å². The molecule has 3 rings (SSSR count). The van der Waals surface area contributed by atoms with Crippen LogP contribution in [-0.2, 0) is 9.59 Å². The first-order valence-electron chi connectivity index (χ1n) is 8.62. The number of carbonyl (C=O) groups is 3. The molecule has 0 spiro atoms. The second kappa shape index (κ2) is 7.94. The smallest absolute Gasteiger partial charge is 0.255 e. The lowest BCUT2D eigenvalue weighted by Crippen LogP contribution is -2.41. The molecule has 1 aromatic carbocycles. The van der Waals surface area contributed by atoms with E-state index in [1.165, 1.54) is 25.7 Å². The maximum absolute atomic E-state index is 12.4. The molecule has 142 valence electrons. The second-order valence-electron chi connectivity index (χ2n) is 6.23. The molecule has 0 saturated carbocycles. The third-order valence-corrected chi connectivity index (χ3v) is 4.33. The Hall–Kier alpha value is -3.29. The number of hydrogen-bond acceptors (Lipinski definition) is 5. The minimum Gasteiger partial charge on any atom is -0.495 e. The first kappa shape index (κ1) is 18.5. The Balaban J connectivity index is 1.70. The maximum Gasteiger partial charge on any atom is 0.255 e. The van der Waals surface area contributed by atoms with Crippen LogP contribution in [0.2, 0.25) is 0 Å². The Labute approximate surface area is 156 Å². The van der Waals surface area contributed by atoms with E-state index in [4.69, 9.17) is 9.15 Å². The van der Waals surface area contributed by atoms with Gasteiger partial charge in [0.25, 0.3) is 5.91 Å². The van der Waals surface area contributed by atoms with E-state index in [0.717, 1.165) is 6.42 Å². The van der Waals surface area contributed by atoms with E-state index in [-0.39, 0.29) is 11.8 Å². The summed E-state index contributed by atoms with van der Waals surface area (Å²) in [4.78, 5) is 38.1. The van der Waals surface area contributed by atoms with Gasteiger partial charge in [0.2, 0.25) is 11.8 Å². The molecule has 1 saturated heterocycles. The summed E-state index contributed by atoms with van der Waals surface area (Å²) < 4.78 is 10.2. The van der Waals surface area contributed by atoms with Gasteiger partial charge in [-0.1, -0.05) is 0 Å². The standard InChI is InChI=1S/C19H21N3O5/c1-12(20-19(25)13-7-9-27-11-13)18(24)21-14-5-6-16(26-2)15(10-14)22-8-3-4-17(22)23/h5-7,9-12H,3-4,8H2,1-2H3,(H,20,25)(H,21,24). The molecule has 1 aliphatic rings. The topological polar surface area (TPSA) is 101 Å². The van der Waals surface area contributed by atoms with Crippen molar-refractivity contribution in [2.24, 2.45) is 0 Å². The summed E-state index contributed by atoms with van der Waals surface area (Å²) in [6.45, 7) is 2.20. The summed E-state index contributed by atoms with van der Waals surface area (Å²) in [6.07, 6.45) is 3.98. The quantitative estimate of drug-likeness (QED) is 0.810. The van der Waals surface area contributed by atoms with Crippen molar-refractivity contribution in [1.82, 2.24) is 5.32 Å². The van der Waals surface area contributed by atoms with E-state index in [1.807, 2.05) is 0 Å². The number of ether oxygens (including phenoxy) is 1. The number of nitrogens with one attached hydrogen (secondary N) is 2. The average Bonchev–Trinajstić information content (AvgIpc) is 3.33. The summed E-state index contributed by atoms with van der Waals surface area (Å²) in [5, 5.41) is 5.35. The highest BCUT2D eigenvalue weighted by Crippen LogP contribution is 2.34. The fraction of sp³-hybridized carbons (Fsp3) is 0.316. The van der Waals surface area contributed by atoms with E-state index in [0.29, 0.717) is 35.7 Å². The summed E-state index contributed by atoms with van der Waals surface area (Å²) in [5.41, 5.74) is 1.47. The summed E-state index contributed by atoms with van der Waals surface area (Å²) in [5.74, 6) is -0.192. The zero-order chi connectivity index (χ0) is 19.4. The van der Waals surface area contributed by atoms with Gasteiger partial charge in [-0.2, -0.15) is 0 Å². The Kier molecular flexibility index (Phi) is 5.44. The number of amides is 3. The van der Waals surface area contributed by atoms with Crippen molar-refractivity contribution >= 4 is 29.1 Å². The number of benzene rings is 1. The monoisotopic (exact) mass is 371 g/mol. The van der Waals surface area contributed by atoms with Gasteiger partial charge >= 0.3 is 0 Å². The Bertz CT molecular complexity index is 847. The highest BCUT2D eigenvalue weighted by Gasteiger charge is 2.25. The van der Waals surface area contributed by atoms with Gasteiger partial charge in [0.1, 0.15) is 18.1 Å². The van der Waals surface area contributed by atoms with Gasteiger partial charge in [-0.05, 0) is 37.6 Å². The first-order valence-corrected chi connectivity index (χ1v) is 8.62. The number of anilines is 2. The third-order valence-electron chi connectivity index (χ3n) is 4.33. The van der Waals surface area contributed by atoms with E-state index in [1.54, 1.807) is 30.0 Å². The summed E-state index contributed by atoms with van der Waals surface area (Å²) in [7, 11) is 1.53. The molecular formula is C19H21N3O5. The SMILES string of the molecule is COc1ccc(NC(=O)C(C)NC(=O)c2ccoc2)cc1N1CCCC1=O. The van der Waals surface area contributed by atoms with E-state index < -0.39 is 11.9 Å². The van der Waals surface area contributed by atoms with Crippen molar-refractivity contribution in [2.75, 3.05) is 23.9 Å². The molecule has 2 aromatic rings. The van der Waals surface area contributed by atoms with Gasteiger partial charge in [-0.3, -0.25) is 14.4 Å². The van der Waals surface area contributed by atoms with E-state index in [9.17, 15) is 14.4 Å². The molecule has 1 fully saturated rings. The summed E-state index contributed by atoms with van der Waals surface area (Å²) >= 11 is 0. The van der Waals surface area contributed by atoms with Crippen molar-refractivity contribution in [1.29, 1.82) is 0 Å². The van der Waals surface area contributed by atoms with Crippen LogP contribution in [0.25, 0.3) is 0 Å². The van der Waals surface area contributed by atoms with Crippen molar-refractivity contribution < 1.29 is 23.5 Å². The van der Waals surface area contributed by atoms with Gasteiger partial charge in [-0.25, -0.2) is 0 Å². The van der Waals surface area contributed by atoms with Crippen LogP contribution in [0.4, 0.5) is 11.4 Å². The number of hydrogen-bond donors (Lipinski definition) is 2. The molecular weight excluding hydrogens is 350 g/mol. The zero-order valence-corrected chi connectivity index (χ0v) is 15.2. The number of methoxy groups -OCH3 is 1. The van der Waals surface area contributed by atoms with Crippen LogP contribution in [0.1, 0.15) is 30.1 Å². The molecule has 3 amide bonds. The molecule has 1 unspecified atom stereocenters. The number of carbonyl (C=O) groups excluding carboxylic acids is 3. The van der Waals surface area contributed by atoms with Gasteiger partial charge in [0.05, 0.1) is 24.6 Å². The van der Waals surface area contributed by atoms with Crippen molar-refractivity contribution in [3.63, 3.8) is 0 Å². The highest BCUT2D eigenvalue weighted by atomic mass is 16.5. The van der Waals surface area contributed by atoms with Crippen LogP contribution in [-0.4, -0.2) is 37.4 Å². The molecule has 27 heavy (non-hydrogen) atoms. The zero-order valence-electron chi connectivity index (χ0n) is 15.2. The maximum atomic E-state index is 12.4. The average molecular weight is 371 g/mol. The van der Waals surface area contributed by atoms with Gasteiger partial charge in [0, 0.05) is 18.7 Å². The molecule has 0 bridgehead atoms. The molecule has 1 aliphatic heterocycles. The molecule has 1 atom stereocenters. The van der Waals surface area contributed by atoms with Crippen LogP contribution < -0.4 is 20.3 Å². The fourth-order valence-electron chi connectivity index (χ4n) is 2.87. The Morgan fingerprint density at radius 2 is 2.11 bits per heavy atom. The Morgan fingerprint density at radius 3 is 2.74 bits per heavy atom. The third kappa shape index (κ3) is 4.11. The van der Waals surface area contributed by atoms with Gasteiger partial charge in [0.15, 0.2) is 0 Å².